The van der Waals surface area contributed by atoms with Gasteiger partial charge in [0.25, 0.3) is 5.89 Å². The Hall–Kier alpha value is -3.11. The zero-order valence-electron chi connectivity index (χ0n) is 14.0. The topological polar surface area (TPSA) is 111 Å². The number of anilines is 2. The van der Waals surface area contributed by atoms with Crippen molar-refractivity contribution in [3.8, 4) is 22.8 Å². The maximum absolute atomic E-state index is 11.6. The Kier molecular flexibility index (Phi) is 4.42. The molecular weight excluding hydrogens is 386 g/mol. The molecule has 0 fully saturated rings. The van der Waals surface area contributed by atoms with Crippen molar-refractivity contribution in [2.75, 3.05) is 11.6 Å². The van der Waals surface area contributed by atoms with Gasteiger partial charge in [0.1, 0.15) is 17.7 Å². The summed E-state index contributed by atoms with van der Waals surface area (Å²) in [5.74, 6) is 1.24. The molecule has 0 bridgehead atoms. The highest BCUT2D eigenvalue weighted by Gasteiger charge is 2.16. The first kappa shape index (κ1) is 17.3. The van der Waals surface area contributed by atoms with Crippen LogP contribution in [0.4, 0.5) is 11.5 Å². The van der Waals surface area contributed by atoms with Crippen LogP contribution in [0, 0.1) is 0 Å². The lowest BCUT2D eigenvalue weighted by molar-refractivity contribution is 0.432. The molecule has 1 aromatic carbocycles. The van der Waals surface area contributed by atoms with Gasteiger partial charge in [-0.3, -0.25) is 0 Å². The van der Waals surface area contributed by atoms with Crippen LogP contribution in [0.25, 0.3) is 22.8 Å². The predicted molar refractivity (Wildman–Crippen MR) is 101 cm³/mol. The fraction of sp³-hybridized carbons (Fsp3) is 0.0588. The summed E-state index contributed by atoms with van der Waals surface area (Å²) in [5, 5.41) is 11.0. The van der Waals surface area contributed by atoms with Crippen LogP contribution in [0.2, 0.25) is 0 Å². The third kappa shape index (κ3) is 3.71. The number of aromatic nitrogens is 4. The molecule has 8 nitrogen and oxygen atoms in total. The first-order chi connectivity index (χ1) is 13.0. The quantitative estimate of drug-likeness (QED) is 0.543. The monoisotopic (exact) mass is 399 g/mol. The molecule has 0 saturated heterocycles. The van der Waals surface area contributed by atoms with Gasteiger partial charge < -0.3 is 9.84 Å². The largest absolute Gasteiger partial charge is 0.339 e. The Labute approximate surface area is 158 Å². The van der Waals surface area contributed by atoms with Gasteiger partial charge in [0.2, 0.25) is 5.82 Å². The highest BCUT2D eigenvalue weighted by Crippen LogP contribution is 2.29. The summed E-state index contributed by atoms with van der Waals surface area (Å²) in [6, 6.07) is 8.28. The summed E-state index contributed by atoms with van der Waals surface area (Å²) in [6.45, 7) is 0. The van der Waals surface area contributed by atoms with Gasteiger partial charge in [0.15, 0.2) is 9.84 Å². The molecular formula is C17H13N5O3S2. The van der Waals surface area contributed by atoms with Gasteiger partial charge in [-0.25, -0.2) is 18.4 Å². The van der Waals surface area contributed by atoms with Gasteiger partial charge in [-0.2, -0.15) is 16.3 Å². The summed E-state index contributed by atoms with van der Waals surface area (Å²) in [7, 11) is -3.25. The van der Waals surface area contributed by atoms with Crippen LogP contribution in [-0.2, 0) is 9.84 Å². The standard InChI is InChI=1S/C17H13N5O3S2/c1-27(23,24)13-4-2-12(3-5-13)20-16-14(8-18-10-19-16)17-21-15(22-25-17)11-6-7-26-9-11/h2-10H,1H3,(H,18,19,20). The van der Waals surface area contributed by atoms with E-state index in [-0.39, 0.29) is 10.8 Å². The molecule has 0 aliphatic rings. The molecule has 4 rings (SSSR count). The van der Waals surface area contributed by atoms with E-state index in [0.717, 1.165) is 5.56 Å². The summed E-state index contributed by atoms with van der Waals surface area (Å²) in [5.41, 5.74) is 2.08. The molecule has 0 spiro atoms. The molecule has 0 amide bonds. The minimum atomic E-state index is -3.25. The number of sulfone groups is 1. The minimum Gasteiger partial charge on any atom is -0.339 e. The van der Waals surface area contributed by atoms with E-state index in [1.54, 1.807) is 29.7 Å². The Morgan fingerprint density at radius 2 is 1.96 bits per heavy atom. The number of nitrogens with zero attached hydrogens (tertiary/aromatic N) is 4. The predicted octanol–water partition coefficient (Wildman–Crippen LogP) is 3.40. The van der Waals surface area contributed by atoms with Gasteiger partial charge in [0.05, 0.1) is 4.90 Å². The second-order valence-corrected chi connectivity index (χ2v) is 8.44. The average Bonchev–Trinajstić information content (AvgIpc) is 3.34. The van der Waals surface area contributed by atoms with Gasteiger partial charge in [-0.15, -0.1) is 0 Å². The van der Waals surface area contributed by atoms with Crippen molar-refractivity contribution in [2.24, 2.45) is 0 Å². The molecule has 0 atom stereocenters. The fourth-order valence-corrected chi connectivity index (χ4v) is 3.61. The van der Waals surface area contributed by atoms with E-state index >= 15 is 0 Å². The second kappa shape index (κ2) is 6.89. The number of hydrogen-bond acceptors (Lipinski definition) is 9. The van der Waals surface area contributed by atoms with Gasteiger partial charge >= 0.3 is 0 Å². The smallest absolute Gasteiger partial charge is 0.263 e. The van der Waals surface area contributed by atoms with E-state index in [9.17, 15) is 8.42 Å². The van der Waals surface area contributed by atoms with Crippen molar-refractivity contribution in [2.45, 2.75) is 4.90 Å². The molecule has 27 heavy (non-hydrogen) atoms. The van der Waals surface area contributed by atoms with E-state index in [4.69, 9.17) is 4.52 Å². The molecule has 4 aromatic rings. The molecule has 0 aliphatic heterocycles. The number of hydrogen-bond donors (Lipinski definition) is 1. The van der Waals surface area contributed by atoms with Crippen LogP contribution < -0.4 is 5.32 Å². The summed E-state index contributed by atoms with van der Waals surface area (Å²) >= 11 is 1.55. The van der Waals surface area contributed by atoms with Crippen molar-refractivity contribution in [1.82, 2.24) is 20.1 Å². The van der Waals surface area contributed by atoms with Crippen molar-refractivity contribution >= 4 is 32.7 Å². The van der Waals surface area contributed by atoms with E-state index in [0.29, 0.717) is 22.9 Å². The third-order valence-electron chi connectivity index (χ3n) is 3.69. The summed E-state index contributed by atoms with van der Waals surface area (Å²) in [6.07, 6.45) is 4.14. The Morgan fingerprint density at radius 3 is 2.67 bits per heavy atom. The molecule has 0 aliphatic carbocycles. The normalized spacial score (nSPS) is 11.4. The van der Waals surface area contributed by atoms with Gasteiger partial charge in [0, 0.05) is 29.1 Å². The SMILES string of the molecule is CS(=O)(=O)c1ccc(Nc2ncncc2-c2nc(-c3ccsc3)no2)cc1. The van der Waals surface area contributed by atoms with Crippen LogP contribution in [0.5, 0.6) is 0 Å². The Morgan fingerprint density at radius 1 is 1.15 bits per heavy atom. The van der Waals surface area contributed by atoms with E-state index in [2.05, 4.69) is 25.4 Å². The average molecular weight is 399 g/mol. The Balaban J connectivity index is 1.64. The molecule has 3 aromatic heterocycles. The van der Waals surface area contributed by atoms with Crippen molar-refractivity contribution in [3.05, 3.63) is 53.6 Å². The highest BCUT2D eigenvalue weighted by atomic mass is 32.2. The number of rotatable bonds is 5. The molecule has 136 valence electrons. The molecule has 3 heterocycles. The lowest BCUT2D eigenvalue weighted by Crippen LogP contribution is -1.99. The van der Waals surface area contributed by atoms with Crippen LogP contribution in [0.15, 0.2) is 63.0 Å². The zero-order chi connectivity index (χ0) is 18.9. The maximum Gasteiger partial charge on any atom is 0.263 e. The van der Waals surface area contributed by atoms with E-state index in [1.807, 2.05) is 16.8 Å². The maximum atomic E-state index is 11.6. The van der Waals surface area contributed by atoms with Crippen LogP contribution in [0.3, 0.4) is 0 Å². The van der Waals surface area contributed by atoms with Gasteiger partial charge in [-0.1, -0.05) is 5.16 Å². The summed E-state index contributed by atoms with van der Waals surface area (Å²) in [4.78, 5) is 12.9. The summed E-state index contributed by atoms with van der Waals surface area (Å²) < 4.78 is 28.5. The number of thiophene rings is 1. The lowest BCUT2D eigenvalue weighted by Gasteiger charge is -2.08. The van der Waals surface area contributed by atoms with Crippen molar-refractivity contribution in [3.63, 3.8) is 0 Å². The lowest BCUT2D eigenvalue weighted by atomic mass is 10.2. The molecule has 0 unspecified atom stereocenters. The molecule has 0 radical (unpaired) electrons. The number of benzene rings is 1. The zero-order valence-corrected chi connectivity index (χ0v) is 15.7. The van der Waals surface area contributed by atoms with Crippen LogP contribution >= 0.6 is 11.3 Å². The number of nitrogens with one attached hydrogen (secondary N) is 1. The van der Waals surface area contributed by atoms with Gasteiger partial charge in [-0.05, 0) is 35.7 Å². The van der Waals surface area contributed by atoms with Crippen molar-refractivity contribution < 1.29 is 12.9 Å². The van der Waals surface area contributed by atoms with Crippen LogP contribution in [0.1, 0.15) is 0 Å². The fourth-order valence-electron chi connectivity index (χ4n) is 2.35. The second-order valence-electron chi connectivity index (χ2n) is 5.64. The van der Waals surface area contributed by atoms with E-state index < -0.39 is 9.84 Å². The minimum absolute atomic E-state index is 0.244. The third-order valence-corrected chi connectivity index (χ3v) is 5.50. The first-order valence-corrected chi connectivity index (χ1v) is 10.6. The molecule has 0 saturated carbocycles. The highest BCUT2D eigenvalue weighted by molar-refractivity contribution is 7.90. The van der Waals surface area contributed by atoms with Crippen molar-refractivity contribution in [1.29, 1.82) is 0 Å². The molecule has 10 heteroatoms. The first-order valence-electron chi connectivity index (χ1n) is 7.74. The van der Waals surface area contributed by atoms with Crippen LogP contribution in [-0.4, -0.2) is 34.8 Å². The van der Waals surface area contributed by atoms with E-state index in [1.165, 1.54) is 24.7 Å². The Bertz CT molecular complexity index is 1170. The molecule has 1 N–H and O–H groups in total.